The number of hydrogen-bond donors (Lipinski definition) is 0. The minimum absolute atomic E-state index is 0.490. The number of hydrogen-bond acceptors (Lipinski definition) is 2. The van der Waals surface area contributed by atoms with Crippen molar-refractivity contribution in [3.63, 3.8) is 0 Å². The highest BCUT2D eigenvalue weighted by atomic mass is 19.3. The Balaban J connectivity index is 4.33. The molecule has 70 valence electrons. The van der Waals surface area contributed by atoms with Gasteiger partial charge in [-0.15, -0.1) is 6.58 Å². The SMILES string of the molecule is C=CCC(F)(F)C(=O)N(C)OC. The van der Waals surface area contributed by atoms with Crippen molar-refractivity contribution in [3.05, 3.63) is 12.7 Å². The highest BCUT2D eigenvalue weighted by Crippen LogP contribution is 2.21. The molecule has 0 N–H and O–H groups in total. The molecule has 0 aliphatic carbocycles. The summed E-state index contributed by atoms with van der Waals surface area (Å²) in [6, 6.07) is 0. The molecule has 3 nitrogen and oxygen atoms in total. The fraction of sp³-hybridized carbons (Fsp3) is 0.571. The van der Waals surface area contributed by atoms with Crippen LogP contribution in [0.15, 0.2) is 12.7 Å². The molecule has 0 aliphatic rings. The van der Waals surface area contributed by atoms with Gasteiger partial charge in [0.05, 0.1) is 7.11 Å². The molecule has 0 aliphatic heterocycles. The van der Waals surface area contributed by atoms with Crippen LogP contribution in [0.25, 0.3) is 0 Å². The number of alkyl halides is 2. The quantitative estimate of drug-likeness (QED) is 0.479. The third kappa shape index (κ3) is 2.58. The van der Waals surface area contributed by atoms with Crippen LogP contribution in [0.3, 0.4) is 0 Å². The van der Waals surface area contributed by atoms with E-state index in [1.165, 1.54) is 0 Å². The predicted octanol–water partition coefficient (Wildman–Crippen LogP) is 1.22. The lowest BCUT2D eigenvalue weighted by atomic mass is 10.2. The molecule has 0 atom stereocenters. The Bertz CT molecular complexity index is 182. The van der Waals surface area contributed by atoms with E-state index in [2.05, 4.69) is 11.4 Å². The van der Waals surface area contributed by atoms with Gasteiger partial charge in [-0.2, -0.15) is 8.78 Å². The first-order chi connectivity index (χ1) is 5.45. The highest BCUT2D eigenvalue weighted by Gasteiger charge is 2.39. The summed E-state index contributed by atoms with van der Waals surface area (Å²) in [6.45, 7) is 3.12. The summed E-state index contributed by atoms with van der Waals surface area (Å²) in [5.74, 6) is -4.79. The lowest BCUT2D eigenvalue weighted by Gasteiger charge is -2.19. The van der Waals surface area contributed by atoms with E-state index < -0.39 is 18.3 Å². The number of amides is 1. The minimum Gasteiger partial charge on any atom is -0.274 e. The van der Waals surface area contributed by atoms with Crippen molar-refractivity contribution in [2.45, 2.75) is 12.3 Å². The van der Waals surface area contributed by atoms with E-state index in [-0.39, 0.29) is 0 Å². The number of hydroxylamine groups is 2. The Hall–Kier alpha value is -0.970. The molecule has 0 aromatic heterocycles. The Labute approximate surface area is 69.6 Å². The molecule has 5 heteroatoms. The Morgan fingerprint density at radius 2 is 2.25 bits per heavy atom. The second-order valence-electron chi connectivity index (χ2n) is 2.18. The normalized spacial score (nSPS) is 11.0. The molecule has 0 heterocycles. The van der Waals surface area contributed by atoms with Crippen molar-refractivity contribution in [1.29, 1.82) is 0 Å². The van der Waals surface area contributed by atoms with Gasteiger partial charge in [0.1, 0.15) is 0 Å². The van der Waals surface area contributed by atoms with Crippen molar-refractivity contribution in [3.8, 4) is 0 Å². The third-order valence-electron chi connectivity index (χ3n) is 1.27. The molecule has 0 fully saturated rings. The zero-order valence-electron chi connectivity index (χ0n) is 7.01. The second kappa shape index (κ2) is 4.15. The van der Waals surface area contributed by atoms with E-state index >= 15 is 0 Å². The van der Waals surface area contributed by atoms with Crippen molar-refractivity contribution in [2.24, 2.45) is 0 Å². The Kier molecular flexibility index (Phi) is 3.82. The fourth-order valence-corrected chi connectivity index (χ4v) is 0.582. The molecule has 0 aromatic carbocycles. The van der Waals surface area contributed by atoms with Crippen molar-refractivity contribution in [2.75, 3.05) is 14.2 Å². The van der Waals surface area contributed by atoms with Crippen LogP contribution in [0, 0.1) is 0 Å². The highest BCUT2D eigenvalue weighted by molar-refractivity contribution is 5.82. The van der Waals surface area contributed by atoms with Crippen LogP contribution >= 0.6 is 0 Å². The van der Waals surface area contributed by atoms with Gasteiger partial charge in [0.15, 0.2) is 0 Å². The third-order valence-corrected chi connectivity index (χ3v) is 1.27. The first-order valence-electron chi connectivity index (χ1n) is 3.26. The molecule has 1 amide bonds. The van der Waals surface area contributed by atoms with Crippen molar-refractivity contribution < 1.29 is 18.4 Å². The number of rotatable bonds is 4. The largest absolute Gasteiger partial charge is 0.330 e. The van der Waals surface area contributed by atoms with Gasteiger partial charge in [-0.1, -0.05) is 6.08 Å². The predicted molar refractivity (Wildman–Crippen MR) is 39.5 cm³/mol. The zero-order chi connectivity index (χ0) is 9.78. The van der Waals surface area contributed by atoms with Crippen molar-refractivity contribution >= 4 is 5.91 Å². The van der Waals surface area contributed by atoms with E-state index in [4.69, 9.17) is 0 Å². The lowest BCUT2D eigenvalue weighted by molar-refractivity contribution is -0.193. The maximum absolute atomic E-state index is 12.7. The topological polar surface area (TPSA) is 29.5 Å². The summed E-state index contributed by atoms with van der Waals surface area (Å²) >= 11 is 0. The van der Waals surface area contributed by atoms with E-state index in [9.17, 15) is 13.6 Å². The smallest absolute Gasteiger partial charge is 0.274 e. The Morgan fingerprint density at radius 3 is 2.58 bits per heavy atom. The molecular formula is C7H11F2NO2. The van der Waals surface area contributed by atoms with Gasteiger partial charge >= 0.3 is 11.8 Å². The zero-order valence-corrected chi connectivity index (χ0v) is 7.01. The fourth-order valence-electron chi connectivity index (χ4n) is 0.582. The monoisotopic (exact) mass is 179 g/mol. The van der Waals surface area contributed by atoms with Gasteiger partial charge < -0.3 is 0 Å². The van der Waals surface area contributed by atoms with Crippen LogP contribution in [0.2, 0.25) is 0 Å². The molecular weight excluding hydrogens is 168 g/mol. The van der Waals surface area contributed by atoms with Crippen LogP contribution < -0.4 is 0 Å². The second-order valence-corrected chi connectivity index (χ2v) is 2.18. The van der Waals surface area contributed by atoms with Gasteiger partial charge in [-0.25, -0.2) is 5.06 Å². The van der Waals surface area contributed by atoms with Gasteiger partial charge in [0.2, 0.25) is 0 Å². The maximum Gasteiger partial charge on any atom is 0.330 e. The first kappa shape index (κ1) is 11.0. The van der Waals surface area contributed by atoms with E-state index in [0.29, 0.717) is 5.06 Å². The molecule has 0 spiro atoms. The van der Waals surface area contributed by atoms with E-state index in [0.717, 1.165) is 20.2 Å². The summed E-state index contributed by atoms with van der Waals surface area (Å²) < 4.78 is 25.4. The first-order valence-corrected chi connectivity index (χ1v) is 3.26. The average Bonchev–Trinajstić information content (AvgIpc) is 2.01. The van der Waals surface area contributed by atoms with Gasteiger partial charge in [-0.05, 0) is 0 Å². The van der Waals surface area contributed by atoms with Gasteiger partial charge in [0.25, 0.3) is 0 Å². The number of nitrogens with zero attached hydrogens (tertiary/aromatic N) is 1. The maximum atomic E-state index is 12.7. The Morgan fingerprint density at radius 1 is 1.75 bits per heavy atom. The van der Waals surface area contributed by atoms with Crippen LogP contribution in [0.5, 0.6) is 0 Å². The number of carbonyl (C=O) groups excluding carboxylic acids is 1. The average molecular weight is 179 g/mol. The van der Waals surface area contributed by atoms with Crippen LogP contribution in [0.4, 0.5) is 8.78 Å². The van der Waals surface area contributed by atoms with Crippen LogP contribution in [-0.2, 0) is 9.63 Å². The van der Waals surface area contributed by atoms with Crippen LogP contribution in [-0.4, -0.2) is 31.1 Å². The van der Waals surface area contributed by atoms with E-state index in [1.807, 2.05) is 0 Å². The van der Waals surface area contributed by atoms with Crippen LogP contribution in [0.1, 0.15) is 6.42 Å². The number of halogens is 2. The molecule has 0 aromatic rings. The summed E-state index contributed by atoms with van der Waals surface area (Å²) in [4.78, 5) is 15.1. The minimum atomic E-state index is -3.42. The summed E-state index contributed by atoms with van der Waals surface area (Å²) in [5, 5.41) is 0.490. The van der Waals surface area contributed by atoms with E-state index in [1.54, 1.807) is 0 Å². The summed E-state index contributed by atoms with van der Waals surface area (Å²) in [5.41, 5.74) is 0. The van der Waals surface area contributed by atoms with Gasteiger partial charge in [-0.3, -0.25) is 9.63 Å². The summed E-state index contributed by atoms with van der Waals surface area (Å²) in [6.07, 6.45) is 0.306. The number of allylic oxidation sites excluding steroid dienone is 1. The molecule has 0 saturated heterocycles. The van der Waals surface area contributed by atoms with Gasteiger partial charge in [0, 0.05) is 13.5 Å². The number of carbonyl (C=O) groups is 1. The summed E-state index contributed by atoms with van der Waals surface area (Å²) in [7, 11) is 2.27. The molecule has 0 bridgehead atoms. The molecule has 12 heavy (non-hydrogen) atoms. The molecule has 0 unspecified atom stereocenters. The molecule has 0 rings (SSSR count). The molecule has 0 saturated carbocycles. The molecule has 0 radical (unpaired) electrons. The standard InChI is InChI=1S/C7H11F2NO2/c1-4-5-7(8,9)6(11)10(2)12-3/h4H,1,5H2,2-3H3. The van der Waals surface area contributed by atoms with Crippen molar-refractivity contribution in [1.82, 2.24) is 5.06 Å². The lowest BCUT2D eigenvalue weighted by Crippen LogP contribution is -2.40.